The topological polar surface area (TPSA) is 75.6 Å². The van der Waals surface area contributed by atoms with Gasteiger partial charge in [-0.15, -0.1) is 0 Å². The van der Waals surface area contributed by atoms with Crippen LogP contribution in [0.3, 0.4) is 0 Å². The molecular weight excluding hydrogens is 294 g/mol. The molecule has 1 aromatic rings. The Hall–Kier alpha value is -2.30. The molecule has 23 heavy (non-hydrogen) atoms. The highest BCUT2D eigenvalue weighted by Gasteiger charge is 2.34. The van der Waals surface area contributed by atoms with E-state index in [1.165, 1.54) is 0 Å². The van der Waals surface area contributed by atoms with Crippen molar-refractivity contribution >= 4 is 17.6 Å². The summed E-state index contributed by atoms with van der Waals surface area (Å²) in [6, 6.07) is 7.24. The van der Waals surface area contributed by atoms with E-state index in [0.29, 0.717) is 30.9 Å². The number of amides is 1. The average molecular weight is 317 g/mol. The molecule has 0 aliphatic heterocycles. The summed E-state index contributed by atoms with van der Waals surface area (Å²) < 4.78 is 5.70. The van der Waals surface area contributed by atoms with Gasteiger partial charge in [-0.1, -0.05) is 37.6 Å². The Kier molecular flexibility index (Phi) is 6.20. The molecule has 0 aromatic heterocycles. The molecule has 0 bridgehead atoms. The second-order valence-electron chi connectivity index (χ2n) is 5.68. The first-order valence-corrected chi connectivity index (χ1v) is 8.04. The Morgan fingerprint density at radius 3 is 2.61 bits per heavy atom. The van der Waals surface area contributed by atoms with Gasteiger partial charge in [0, 0.05) is 0 Å². The molecule has 2 N–H and O–H groups in total. The number of para-hydroxylation sites is 2. The smallest absolute Gasteiger partial charge is 0.307 e. The fourth-order valence-corrected chi connectivity index (χ4v) is 2.62. The highest BCUT2D eigenvalue weighted by molar-refractivity contribution is 5.96. The molecule has 124 valence electrons. The summed E-state index contributed by atoms with van der Waals surface area (Å²) in [7, 11) is 0. The zero-order valence-corrected chi connectivity index (χ0v) is 13.3. The van der Waals surface area contributed by atoms with Gasteiger partial charge < -0.3 is 15.2 Å². The zero-order chi connectivity index (χ0) is 16.7. The van der Waals surface area contributed by atoms with Crippen LogP contribution in [-0.2, 0) is 9.59 Å². The maximum Gasteiger partial charge on any atom is 0.307 e. The van der Waals surface area contributed by atoms with Crippen molar-refractivity contribution in [2.45, 2.75) is 32.6 Å². The van der Waals surface area contributed by atoms with Gasteiger partial charge in [-0.25, -0.2) is 0 Å². The summed E-state index contributed by atoms with van der Waals surface area (Å²) >= 11 is 0. The van der Waals surface area contributed by atoms with E-state index in [0.717, 1.165) is 12.8 Å². The number of carbonyl (C=O) groups is 2. The van der Waals surface area contributed by atoms with Crippen LogP contribution in [0.4, 0.5) is 5.69 Å². The Labute approximate surface area is 136 Å². The van der Waals surface area contributed by atoms with E-state index in [2.05, 4.69) is 12.2 Å². The van der Waals surface area contributed by atoms with Crippen LogP contribution in [0, 0.1) is 11.8 Å². The lowest BCUT2D eigenvalue weighted by Gasteiger charge is -2.24. The van der Waals surface area contributed by atoms with Crippen molar-refractivity contribution in [3.8, 4) is 5.75 Å². The van der Waals surface area contributed by atoms with Gasteiger partial charge in [0.05, 0.1) is 24.1 Å². The van der Waals surface area contributed by atoms with Crippen LogP contribution in [0.25, 0.3) is 0 Å². The Bertz CT molecular complexity index is 582. The van der Waals surface area contributed by atoms with E-state index < -0.39 is 17.8 Å². The first-order valence-electron chi connectivity index (χ1n) is 8.04. The van der Waals surface area contributed by atoms with Gasteiger partial charge >= 0.3 is 5.97 Å². The van der Waals surface area contributed by atoms with Crippen LogP contribution in [0.5, 0.6) is 5.75 Å². The van der Waals surface area contributed by atoms with E-state index in [1.807, 2.05) is 24.3 Å². The predicted octanol–water partition coefficient (Wildman–Crippen LogP) is 3.47. The Balaban J connectivity index is 2.07. The molecule has 0 heterocycles. The minimum Gasteiger partial charge on any atom is -0.491 e. The molecule has 2 atom stereocenters. The van der Waals surface area contributed by atoms with E-state index >= 15 is 0 Å². The number of unbranched alkanes of at least 4 members (excludes halogenated alkanes) is 1. The van der Waals surface area contributed by atoms with E-state index in [1.54, 1.807) is 12.1 Å². The summed E-state index contributed by atoms with van der Waals surface area (Å²) in [5.74, 6) is -1.81. The van der Waals surface area contributed by atoms with Gasteiger partial charge in [0.2, 0.25) is 5.91 Å². The number of carbonyl (C=O) groups excluding carboxylic acids is 1. The SMILES string of the molecule is CCCCOc1ccccc1NC(=O)C1CC=CCC1C(=O)O. The Morgan fingerprint density at radius 1 is 1.22 bits per heavy atom. The molecule has 5 heteroatoms. The minimum atomic E-state index is -0.929. The number of carboxylic acids is 1. The fraction of sp³-hybridized carbons (Fsp3) is 0.444. The van der Waals surface area contributed by atoms with Crippen LogP contribution in [0.15, 0.2) is 36.4 Å². The van der Waals surface area contributed by atoms with Crippen molar-refractivity contribution in [1.29, 1.82) is 0 Å². The average Bonchev–Trinajstić information content (AvgIpc) is 2.56. The number of carboxylic acid groups (broad SMARTS) is 1. The van der Waals surface area contributed by atoms with E-state index in [-0.39, 0.29) is 5.91 Å². The molecule has 1 aromatic carbocycles. The molecule has 0 saturated carbocycles. The predicted molar refractivity (Wildman–Crippen MR) is 88.5 cm³/mol. The van der Waals surface area contributed by atoms with Crippen LogP contribution in [0.1, 0.15) is 32.6 Å². The van der Waals surface area contributed by atoms with Crippen LogP contribution in [0.2, 0.25) is 0 Å². The molecule has 1 amide bonds. The first-order chi connectivity index (χ1) is 11.1. The lowest BCUT2D eigenvalue weighted by molar-refractivity contribution is -0.146. The Morgan fingerprint density at radius 2 is 1.91 bits per heavy atom. The lowest BCUT2D eigenvalue weighted by atomic mass is 9.82. The van der Waals surface area contributed by atoms with Gasteiger partial charge in [0.25, 0.3) is 0 Å². The molecule has 2 rings (SSSR count). The maximum atomic E-state index is 12.5. The maximum absolute atomic E-state index is 12.5. The highest BCUT2D eigenvalue weighted by atomic mass is 16.5. The summed E-state index contributed by atoms with van der Waals surface area (Å²) in [6.45, 7) is 2.67. The third kappa shape index (κ3) is 4.58. The minimum absolute atomic E-state index is 0.270. The van der Waals surface area contributed by atoms with Gasteiger partial charge in [-0.2, -0.15) is 0 Å². The normalized spacial score (nSPS) is 20.0. The second kappa shape index (κ2) is 8.36. The molecule has 5 nitrogen and oxygen atoms in total. The fourth-order valence-electron chi connectivity index (χ4n) is 2.62. The van der Waals surface area contributed by atoms with Crippen LogP contribution >= 0.6 is 0 Å². The molecule has 1 aliphatic carbocycles. The number of anilines is 1. The number of allylic oxidation sites excluding steroid dienone is 2. The first kappa shape index (κ1) is 17.1. The van der Waals surface area contributed by atoms with Gasteiger partial charge in [0.15, 0.2) is 0 Å². The standard InChI is InChI=1S/C18H23NO4/c1-2-3-12-23-16-11-7-6-10-15(16)19-17(20)13-8-4-5-9-14(13)18(21)22/h4-7,10-11,13-14H,2-3,8-9,12H2,1H3,(H,19,20)(H,21,22). The molecular formula is C18H23NO4. The second-order valence-corrected chi connectivity index (χ2v) is 5.68. The van der Waals surface area contributed by atoms with Crippen LogP contribution in [-0.4, -0.2) is 23.6 Å². The monoisotopic (exact) mass is 317 g/mol. The third-order valence-electron chi connectivity index (χ3n) is 3.99. The number of aliphatic carboxylic acids is 1. The molecule has 0 radical (unpaired) electrons. The number of hydrogen-bond donors (Lipinski definition) is 2. The summed E-state index contributed by atoms with van der Waals surface area (Å²) in [6.07, 6.45) is 6.50. The van der Waals surface area contributed by atoms with E-state index in [9.17, 15) is 14.7 Å². The molecule has 0 spiro atoms. The lowest BCUT2D eigenvalue weighted by Crippen LogP contribution is -2.34. The van der Waals surface area contributed by atoms with Crippen LogP contribution < -0.4 is 10.1 Å². The van der Waals surface area contributed by atoms with Crippen molar-refractivity contribution in [3.05, 3.63) is 36.4 Å². The molecule has 2 unspecified atom stereocenters. The largest absolute Gasteiger partial charge is 0.491 e. The number of nitrogens with one attached hydrogen (secondary N) is 1. The van der Waals surface area contributed by atoms with Crippen molar-refractivity contribution in [2.75, 3.05) is 11.9 Å². The third-order valence-corrected chi connectivity index (χ3v) is 3.99. The van der Waals surface area contributed by atoms with Gasteiger partial charge in [-0.3, -0.25) is 9.59 Å². The summed E-state index contributed by atoms with van der Waals surface area (Å²) in [5, 5.41) is 12.1. The van der Waals surface area contributed by atoms with E-state index in [4.69, 9.17) is 4.74 Å². The van der Waals surface area contributed by atoms with Crippen molar-refractivity contribution in [1.82, 2.24) is 0 Å². The molecule has 0 fully saturated rings. The van der Waals surface area contributed by atoms with Gasteiger partial charge in [-0.05, 0) is 31.4 Å². The molecule has 1 aliphatic rings. The number of rotatable bonds is 7. The number of ether oxygens (including phenoxy) is 1. The van der Waals surface area contributed by atoms with Crippen molar-refractivity contribution < 1.29 is 19.4 Å². The zero-order valence-electron chi connectivity index (χ0n) is 13.3. The number of hydrogen-bond acceptors (Lipinski definition) is 3. The van der Waals surface area contributed by atoms with Crippen molar-refractivity contribution in [2.24, 2.45) is 11.8 Å². The van der Waals surface area contributed by atoms with Crippen molar-refractivity contribution in [3.63, 3.8) is 0 Å². The number of benzene rings is 1. The molecule has 0 saturated heterocycles. The highest BCUT2D eigenvalue weighted by Crippen LogP contribution is 2.29. The van der Waals surface area contributed by atoms with Gasteiger partial charge in [0.1, 0.15) is 5.75 Å². The summed E-state index contributed by atoms with van der Waals surface area (Å²) in [5.41, 5.74) is 0.590. The quantitative estimate of drug-likeness (QED) is 0.596. The summed E-state index contributed by atoms with van der Waals surface area (Å²) in [4.78, 5) is 23.8.